The van der Waals surface area contributed by atoms with Crippen LogP contribution in [0.3, 0.4) is 0 Å². The second kappa shape index (κ2) is 8.50. The van der Waals surface area contributed by atoms with Crippen molar-refractivity contribution < 1.29 is 13.2 Å². The summed E-state index contributed by atoms with van der Waals surface area (Å²) in [7, 11) is 0. The van der Waals surface area contributed by atoms with Crippen molar-refractivity contribution in [3.63, 3.8) is 0 Å². The molecule has 0 bridgehead atoms. The molecule has 0 aliphatic rings. The number of alkyl halides is 3. The first-order chi connectivity index (χ1) is 11.8. The van der Waals surface area contributed by atoms with Crippen LogP contribution in [0.4, 0.5) is 13.2 Å². The number of rotatable bonds is 7. The number of halogens is 3. The van der Waals surface area contributed by atoms with E-state index in [-0.39, 0.29) is 5.92 Å². The molecule has 0 aromatic heterocycles. The van der Waals surface area contributed by atoms with Gasteiger partial charge in [0.2, 0.25) is 0 Å². The summed E-state index contributed by atoms with van der Waals surface area (Å²) in [4.78, 5) is 1.84. The highest BCUT2D eigenvalue weighted by Gasteiger charge is 2.45. The third-order valence-corrected chi connectivity index (χ3v) is 4.31. The van der Waals surface area contributed by atoms with Gasteiger partial charge in [-0.3, -0.25) is 4.90 Å². The van der Waals surface area contributed by atoms with Crippen LogP contribution in [0.15, 0.2) is 60.7 Å². The Balaban J connectivity index is 2.33. The van der Waals surface area contributed by atoms with Crippen molar-refractivity contribution in [3.8, 4) is 0 Å². The molecule has 0 amide bonds. The summed E-state index contributed by atoms with van der Waals surface area (Å²) in [5.74, 6) is -0.232. The Bertz CT molecular complexity index is 585. The second-order valence-corrected chi connectivity index (χ2v) is 6.68. The smallest absolute Gasteiger partial charge is 0.319 e. The van der Waals surface area contributed by atoms with Crippen molar-refractivity contribution in [3.05, 3.63) is 71.8 Å². The van der Waals surface area contributed by atoms with Gasteiger partial charge in [0.05, 0.1) is 0 Å². The predicted molar refractivity (Wildman–Crippen MR) is 94.8 cm³/mol. The molecule has 2 atom stereocenters. The summed E-state index contributed by atoms with van der Waals surface area (Å²) >= 11 is 0. The summed E-state index contributed by atoms with van der Waals surface area (Å²) in [5, 5.41) is 0. The average Bonchev–Trinajstić information content (AvgIpc) is 2.55. The Kier molecular flexibility index (Phi) is 6.62. The monoisotopic (exact) mass is 350 g/mol. The minimum Gasteiger partial charge on any atom is -0.319 e. The molecule has 5 heteroatoms. The molecule has 25 heavy (non-hydrogen) atoms. The molecule has 0 unspecified atom stereocenters. The Labute approximate surface area is 147 Å². The van der Waals surface area contributed by atoms with E-state index in [4.69, 9.17) is 5.73 Å². The van der Waals surface area contributed by atoms with Crippen molar-refractivity contribution in [1.29, 1.82) is 0 Å². The Morgan fingerprint density at radius 3 is 1.56 bits per heavy atom. The summed E-state index contributed by atoms with van der Waals surface area (Å²) in [6, 6.07) is 16.4. The molecule has 2 aromatic rings. The van der Waals surface area contributed by atoms with Gasteiger partial charge in [-0.1, -0.05) is 74.5 Å². The van der Waals surface area contributed by atoms with Crippen molar-refractivity contribution >= 4 is 0 Å². The lowest BCUT2D eigenvalue weighted by molar-refractivity contribution is -0.167. The SMILES string of the molecule is CC(C)[C@@H]([C@H](N)C(F)(F)F)N(Cc1ccccc1)Cc1ccccc1. The zero-order chi connectivity index (χ0) is 18.4. The molecule has 2 nitrogen and oxygen atoms in total. The van der Waals surface area contributed by atoms with Gasteiger partial charge in [-0.15, -0.1) is 0 Å². The predicted octanol–water partition coefficient (Wildman–Crippen LogP) is 4.60. The zero-order valence-electron chi connectivity index (χ0n) is 14.6. The van der Waals surface area contributed by atoms with Crippen LogP contribution < -0.4 is 5.73 Å². The Morgan fingerprint density at radius 1 is 0.840 bits per heavy atom. The average molecular weight is 350 g/mol. The van der Waals surface area contributed by atoms with E-state index < -0.39 is 18.3 Å². The van der Waals surface area contributed by atoms with Gasteiger partial charge in [-0.05, 0) is 17.0 Å². The van der Waals surface area contributed by atoms with E-state index in [9.17, 15) is 13.2 Å². The first-order valence-electron chi connectivity index (χ1n) is 8.43. The zero-order valence-corrected chi connectivity index (χ0v) is 14.6. The van der Waals surface area contributed by atoms with Crippen molar-refractivity contribution in [2.45, 2.75) is 45.2 Å². The van der Waals surface area contributed by atoms with Crippen molar-refractivity contribution in [2.24, 2.45) is 11.7 Å². The lowest BCUT2D eigenvalue weighted by atomic mass is 9.93. The molecule has 0 fully saturated rings. The molecule has 2 N–H and O–H groups in total. The minimum absolute atomic E-state index is 0.232. The fourth-order valence-electron chi connectivity index (χ4n) is 3.16. The van der Waals surface area contributed by atoms with Gasteiger partial charge in [0.1, 0.15) is 6.04 Å². The van der Waals surface area contributed by atoms with Gasteiger partial charge < -0.3 is 5.73 Å². The van der Waals surface area contributed by atoms with Crippen LogP contribution in [-0.2, 0) is 13.1 Å². The standard InChI is InChI=1S/C20H25F3N2/c1-15(2)18(19(24)20(21,22)23)25(13-16-9-5-3-6-10-16)14-17-11-7-4-8-12-17/h3-12,15,18-19H,13-14,24H2,1-2H3/t18-,19-/m0/s1. The molecule has 0 saturated heterocycles. The maximum Gasteiger partial charge on any atom is 0.405 e. The van der Waals surface area contributed by atoms with Gasteiger partial charge in [0, 0.05) is 19.1 Å². The molecule has 0 radical (unpaired) electrons. The minimum atomic E-state index is -4.43. The van der Waals surface area contributed by atoms with Gasteiger partial charge in [-0.2, -0.15) is 13.2 Å². The normalized spacial score (nSPS) is 14.7. The number of hydrogen-bond donors (Lipinski definition) is 1. The molecule has 136 valence electrons. The Hall–Kier alpha value is -1.85. The molecule has 0 heterocycles. The van der Waals surface area contributed by atoms with Crippen molar-refractivity contribution in [1.82, 2.24) is 4.90 Å². The quantitative estimate of drug-likeness (QED) is 0.790. The number of hydrogen-bond acceptors (Lipinski definition) is 2. The molecular formula is C20H25F3N2. The first kappa shape index (κ1) is 19.5. The number of nitrogens with zero attached hydrogens (tertiary/aromatic N) is 1. The molecule has 0 saturated carbocycles. The van der Waals surface area contributed by atoms with Gasteiger partial charge in [0.15, 0.2) is 0 Å². The number of benzene rings is 2. The van der Waals surface area contributed by atoms with Gasteiger partial charge in [-0.25, -0.2) is 0 Å². The highest BCUT2D eigenvalue weighted by Crippen LogP contribution is 2.29. The van der Waals surface area contributed by atoms with Crippen LogP contribution >= 0.6 is 0 Å². The maximum atomic E-state index is 13.3. The molecule has 0 spiro atoms. The topological polar surface area (TPSA) is 29.3 Å². The fourth-order valence-corrected chi connectivity index (χ4v) is 3.16. The molecule has 0 aliphatic heterocycles. The highest BCUT2D eigenvalue weighted by atomic mass is 19.4. The van der Waals surface area contributed by atoms with E-state index in [1.165, 1.54) is 0 Å². The molecule has 2 aromatic carbocycles. The molecule has 2 rings (SSSR count). The van der Waals surface area contributed by atoms with Crippen molar-refractivity contribution in [2.75, 3.05) is 0 Å². The van der Waals surface area contributed by atoms with Gasteiger partial charge in [0.25, 0.3) is 0 Å². The van der Waals surface area contributed by atoms with Crippen LogP contribution in [0, 0.1) is 5.92 Å². The van der Waals surface area contributed by atoms with Crippen LogP contribution in [0.5, 0.6) is 0 Å². The maximum absolute atomic E-state index is 13.3. The third kappa shape index (κ3) is 5.58. The third-order valence-electron chi connectivity index (χ3n) is 4.31. The van der Waals surface area contributed by atoms with Crippen LogP contribution in [-0.4, -0.2) is 23.2 Å². The molecule has 0 aliphatic carbocycles. The summed E-state index contributed by atoms with van der Waals surface area (Å²) in [5.41, 5.74) is 7.58. The number of nitrogens with two attached hydrogens (primary N) is 1. The summed E-state index contributed by atoms with van der Waals surface area (Å²) in [6.07, 6.45) is -4.43. The lowest BCUT2D eigenvalue weighted by Gasteiger charge is -2.39. The second-order valence-electron chi connectivity index (χ2n) is 6.68. The Morgan fingerprint density at radius 2 is 1.24 bits per heavy atom. The van der Waals surface area contributed by atoms with E-state index in [2.05, 4.69) is 0 Å². The van der Waals surface area contributed by atoms with E-state index in [1.54, 1.807) is 13.8 Å². The molecular weight excluding hydrogens is 325 g/mol. The van der Waals surface area contributed by atoms with Gasteiger partial charge >= 0.3 is 6.18 Å². The van der Waals surface area contributed by atoms with E-state index >= 15 is 0 Å². The summed E-state index contributed by atoms with van der Waals surface area (Å²) < 4.78 is 40.0. The summed E-state index contributed by atoms with van der Waals surface area (Å²) in [6.45, 7) is 4.42. The van der Waals surface area contributed by atoms with Crippen LogP contribution in [0.1, 0.15) is 25.0 Å². The fraction of sp³-hybridized carbons (Fsp3) is 0.400. The first-order valence-corrected chi connectivity index (χ1v) is 8.43. The highest BCUT2D eigenvalue weighted by molar-refractivity contribution is 5.17. The van der Waals surface area contributed by atoms with E-state index in [0.717, 1.165) is 11.1 Å². The van der Waals surface area contributed by atoms with E-state index in [1.807, 2.05) is 65.6 Å². The largest absolute Gasteiger partial charge is 0.405 e. The van der Waals surface area contributed by atoms with Crippen LogP contribution in [0.2, 0.25) is 0 Å². The van der Waals surface area contributed by atoms with E-state index in [0.29, 0.717) is 13.1 Å². The lowest BCUT2D eigenvalue weighted by Crippen LogP contribution is -2.56. The van der Waals surface area contributed by atoms with Crippen LogP contribution in [0.25, 0.3) is 0 Å².